The predicted molar refractivity (Wildman–Crippen MR) is 74.7 cm³/mol. The molecule has 1 aliphatic rings. The van der Waals surface area contributed by atoms with E-state index in [1.165, 1.54) is 18.2 Å². The van der Waals surface area contributed by atoms with Crippen molar-refractivity contribution in [1.29, 1.82) is 0 Å². The molecule has 1 fully saturated rings. The van der Waals surface area contributed by atoms with Gasteiger partial charge in [0.1, 0.15) is 5.82 Å². The first kappa shape index (κ1) is 15.0. The van der Waals surface area contributed by atoms with E-state index >= 15 is 0 Å². The third-order valence-corrected chi connectivity index (χ3v) is 3.77. The monoisotopic (exact) mass is 343 g/mol. The van der Waals surface area contributed by atoms with Gasteiger partial charge < -0.3 is 9.64 Å². The lowest BCUT2D eigenvalue weighted by Gasteiger charge is -2.13. The van der Waals surface area contributed by atoms with Gasteiger partial charge >= 0.3 is 5.97 Å². The van der Waals surface area contributed by atoms with E-state index in [9.17, 15) is 14.0 Å². The quantitative estimate of drug-likeness (QED) is 0.789. The highest BCUT2D eigenvalue weighted by Gasteiger charge is 2.29. The third-order valence-electron chi connectivity index (χ3n) is 3.27. The van der Waals surface area contributed by atoms with Gasteiger partial charge in [0.25, 0.3) is 0 Å². The summed E-state index contributed by atoms with van der Waals surface area (Å²) in [6, 6.07) is 4.11. The van der Waals surface area contributed by atoms with Gasteiger partial charge in [-0.3, -0.25) is 4.79 Å². The van der Waals surface area contributed by atoms with Crippen molar-refractivity contribution in [3.8, 4) is 0 Å². The lowest BCUT2D eigenvalue weighted by atomic mass is 10.1. The number of carbonyl (C=O) groups excluding carboxylic acids is 2. The fourth-order valence-electron chi connectivity index (χ4n) is 2.20. The summed E-state index contributed by atoms with van der Waals surface area (Å²) in [7, 11) is 0. The average Bonchev–Trinajstić information content (AvgIpc) is 2.79. The topological polar surface area (TPSA) is 46.6 Å². The van der Waals surface area contributed by atoms with Gasteiger partial charge in [-0.1, -0.05) is 15.9 Å². The van der Waals surface area contributed by atoms with Crippen LogP contribution in [0, 0.1) is 11.7 Å². The zero-order chi connectivity index (χ0) is 14.7. The van der Waals surface area contributed by atoms with Crippen molar-refractivity contribution in [3.05, 3.63) is 34.1 Å². The Labute approximate surface area is 125 Å². The van der Waals surface area contributed by atoms with E-state index in [1.54, 1.807) is 4.90 Å². The third kappa shape index (κ3) is 3.36. The first-order chi connectivity index (χ1) is 9.51. The zero-order valence-electron chi connectivity index (χ0n) is 11.1. The fourth-order valence-corrected chi connectivity index (χ4v) is 2.56. The van der Waals surface area contributed by atoms with Crippen molar-refractivity contribution in [2.45, 2.75) is 13.3 Å². The molecule has 6 heteroatoms. The minimum atomic E-state index is -0.703. The summed E-state index contributed by atoms with van der Waals surface area (Å²) in [4.78, 5) is 25.1. The van der Waals surface area contributed by atoms with E-state index in [4.69, 9.17) is 4.74 Å². The number of amides is 1. The molecule has 1 aromatic rings. The molecule has 0 unspecified atom stereocenters. The highest BCUT2D eigenvalue weighted by molar-refractivity contribution is 9.10. The SMILES string of the molecule is CCN1C[C@H](COC(=O)c2cc(Br)ccc2F)CC1=O. The largest absolute Gasteiger partial charge is 0.462 e. The van der Waals surface area contributed by atoms with Gasteiger partial charge in [-0.15, -0.1) is 0 Å². The van der Waals surface area contributed by atoms with Gasteiger partial charge in [0.15, 0.2) is 0 Å². The molecule has 1 aliphatic heterocycles. The summed E-state index contributed by atoms with van der Waals surface area (Å²) in [6.07, 6.45) is 0.377. The van der Waals surface area contributed by atoms with Crippen LogP contribution in [0.5, 0.6) is 0 Å². The van der Waals surface area contributed by atoms with Crippen molar-refractivity contribution in [2.75, 3.05) is 19.7 Å². The molecular weight excluding hydrogens is 329 g/mol. The number of halogens is 2. The van der Waals surface area contributed by atoms with Crippen LogP contribution in [0.25, 0.3) is 0 Å². The first-order valence-electron chi connectivity index (χ1n) is 6.41. The number of carbonyl (C=O) groups is 2. The molecule has 0 N–H and O–H groups in total. The second-order valence-corrected chi connectivity index (χ2v) is 5.64. The Morgan fingerprint density at radius 1 is 1.55 bits per heavy atom. The van der Waals surface area contributed by atoms with Crippen LogP contribution in [0.3, 0.4) is 0 Å². The highest BCUT2D eigenvalue weighted by Crippen LogP contribution is 2.20. The zero-order valence-corrected chi connectivity index (χ0v) is 12.7. The van der Waals surface area contributed by atoms with Crippen molar-refractivity contribution >= 4 is 27.8 Å². The summed E-state index contributed by atoms with van der Waals surface area (Å²) >= 11 is 3.18. The normalized spacial score (nSPS) is 18.4. The van der Waals surface area contributed by atoms with E-state index in [2.05, 4.69) is 15.9 Å². The Morgan fingerprint density at radius 3 is 2.95 bits per heavy atom. The minimum Gasteiger partial charge on any atom is -0.462 e. The molecule has 0 aromatic heterocycles. The molecule has 1 amide bonds. The van der Waals surface area contributed by atoms with Crippen LogP contribution in [0.1, 0.15) is 23.7 Å². The Balaban J connectivity index is 1.93. The minimum absolute atomic E-state index is 0.0124. The second-order valence-electron chi connectivity index (χ2n) is 4.73. The van der Waals surface area contributed by atoms with Crippen LogP contribution in [0.4, 0.5) is 4.39 Å². The predicted octanol–water partition coefficient (Wildman–Crippen LogP) is 2.61. The Bertz CT molecular complexity index is 535. The number of esters is 1. The number of ether oxygens (including phenoxy) is 1. The molecule has 0 aliphatic carbocycles. The number of nitrogens with zero attached hydrogens (tertiary/aromatic N) is 1. The van der Waals surface area contributed by atoms with Crippen LogP contribution in [0.15, 0.2) is 22.7 Å². The smallest absolute Gasteiger partial charge is 0.341 e. The maximum absolute atomic E-state index is 13.5. The van der Waals surface area contributed by atoms with Crippen molar-refractivity contribution in [3.63, 3.8) is 0 Å². The van der Waals surface area contributed by atoms with Crippen LogP contribution in [-0.4, -0.2) is 36.5 Å². The molecule has 20 heavy (non-hydrogen) atoms. The molecule has 1 heterocycles. The summed E-state index contributed by atoms with van der Waals surface area (Å²) in [5.41, 5.74) is -0.101. The maximum Gasteiger partial charge on any atom is 0.341 e. The molecule has 1 aromatic carbocycles. The van der Waals surface area contributed by atoms with E-state index in [0.717, 1.165) is 0 Å². The van der Waals surface area contributed by atoms with Crippen LogP contribution in [-0.2, 0) is 9.53 Å². The number of benzene rings is 1. The van der Waals surface area contributed by atoms with Crippen LogP contribution < -0.4 is 0 Å². The van der Waals surface area contributed by atoms with Crippen molar-refractivity contribution < 1.29 is 18.7 Å². The number of rotatable bonds is 4. The molecular formula is C14H15BrFNO3. The van der Waals surface area contributed by atoms with E-state index in [-0.39, 0.29) is 24.0 Å². The van der Waals surface area contributed by atoms with Crippen molar-refractivity contribution in [2.24, 2.45) is 5.92 Å². The van der Waals surface area contributed by atoms with E-state index < -0.39 is 11.8 Å². The van der Waals surface area contributed by atoms with Gasteiger partial charge in [-0.05, 0) is 25.1 Å². The summed E-state index contributed by atoms with van der Waals surface area (Å²) in [6.45, 7) is 3.28. The van der Waals surface area contributed by atoms with Gasteiger partial charge in [-0.2, -0.15) is 0 Å². The number of hydrogen-bond acceptors (Lipinski definition) is 3. The van der Waals surface area contributed by atoms with Crippen LogP contribution in [0.2, 0.25) is 0 Å². The van der Waals surface area contributed by atoms with Gasteiger partial charge in [0.05, 0.1) is 12.2 Å². The number of likely N-dealkylation sites (tertiary alicyclic amines) is 1. The second kappa shape index (κ2) is 6.35. The average molecular weight is 344 g/mol. The molecule has 4 nitrogen and oxygen atoms in total. The molecule has 1 saturated heterocycles. The molecule has 0 radical (unpaired) electrons. The molecule has 2 rings (SSSR count). The lowest BCUT2D eigenvalue weighted by molar-refractivity contribution is -0.127. The highest BCUT2D eigenvalue weighted by atomic mass is 79.9. The molecule has 0 spiro atoms. The first-order valence-corrected chi connectivity index (χ1v) is 7.20. The standard InChI is InChI=1S/C14H15BrFNO3/c1-2-17-7-9(5-13(17)18)8-20-14(19)11-6-10(15)3-4-12(11)16/h3-4,6,9H,2,5,7-8H2,1H3/t9-/m1/s1. The Kier molecular flexibility index (Phi) is 4.75. The van der Waals surface area contributed by atoms with Crippen molar-refractivity contribution in [1.82, 2.24) is 4.90 Å². The maximum atomic E-state index is 13.5. The van der Waals surface area contributed by atoms with Gasteiger partial charge in [-0.25, -0.2) is 9.18 Å². The van der Waals surface area contributed by atoms with E-state index in [0.29, 0.717) is 24.0 Å². The Hall–Kier alpha value is -1.43. The summed E-state index contributed by atoms with van der Waals surface area (Å²) in [5.74, 6) is -1.26. The molecule has 108 valence electrons. The van der Waals surface area contributed by atoms with Gasteiger partial charge in [0.2, 0.25) is 5.91 Å². The van der Waals surface area contributed by atoms with Gasteiger partial charge in [0, 0.05) is 29.9 Å². The lowest BCUT2D eigenvalue weighted by Crippen LogP contribution is -2.25. The van der Waals surface area contributed by atoms with E-state index in [1.807, 2.05) is 6.92 Å². The molecule has 1 atom stereocenters. The number of hydrogen-bond donors (Lipinski definition) is 0. The summed E-state index contributed by atoms with van der Waals surface area (Å²) < 4.78 is 19.2. The van der Waals surface area contributed by atoms with Crippen LogP contribution >= 0.6 is 15.9 Å². The molecule has 0 bridgehead atoms. The summed E-state index contributed by atoms with van der Waals surface area (Å²) in [5, 5.41) is 0. The fraction of sp³-hybridized carbons (Fsp3) is 0.429. The molecule has 0 saturated carbocycles. The Morgan fingerprint density at radius 2 is 2.30 bits per heavy atom.